The van der Waals surface area contributed by atoms with Gasteiger partial charge in [-0.3, -0.25) is 4.98 Å². The Morgan fingerprint density at radius 2 is 1.84 bits per heavy atom. The summed E-state index contributed by atoms with van der Waals surface area (Å²) >= 11 is 5.97. The quantitative estimate of drug-likeness (QED) is 0.797. The molecular formula is C13H19BClNO3. The van der Waals surface area contributed by atoms with Crippen molar-refractivity contribution >= 4 is 24.3 Å². The predicted molar refractivity (Wildman–Crippen MR) is 75.7 cm³/mol. The second-order valence-corrected chi connectivity index (χ2v) is 6.16. The molecule has 2 rings (SSSR count). The van der Waals surface area contributed by atoms with Gasteiger partial charge in [-0.25, -0.2) is 0 Å². The summed E-state index contributed by atoms with van der Waals surface area (Å²) in [6, 6.07) is 1.83. The SMILES string of the molecule is COCc1cc(Cl)cnc1B1OC(C)(C)C(C)(C)O1. The standard InChI is InChI=1S/C13H19BClNO3/c1-12(2)13(3,4)19-14(18-12)11-9(8-17-5)6-10(15)7-16-11/h6-7H,8H2,1-5H3. The fourth-order valence-corrected chi connectivity index (χ4v) is 2.11. The number of hydrogen-bond acceptors (Lipinski definition) is 4. The Morgan fingerprint density at radius 3 is 2.37 bits per heavy atom. The van der Waals surface area contributed by atoms with E-state index in [2.05, 4.69) is 4.98 Å². The van der Waals surface area contributed by atoms with Gasteiger partial charge in [0.25, 0.3) is 0 Å². The average Bonchev–Trinajstić information content (AvgIpc) is 2.48. The summed E-state index contributed by atoms with van der Waals surface area (Å²) in [6.45, 7) is 8.47. The van der Waals surface area contributed by atoms with Gasteiger partial charge in [-0.05, 0) is 39.3 Å². The van der Waals surface area contributed by atoms with Crippen molar-refractivity contribution in [2.24, 2.45) is 0 Å². The zero-order valence-electron chi connectivity index (χ0n) is 12.0. The second-order valence-electron chi connectivity index (χ2n) is 5.72. The minimum atomic E-state index is -0.493. The van der Waals surface area contributed by atoms with E-state index >= 15 is 0 Å². The van der Waals surface area contributed by atoms with E-state index in [0.29, 0.717) is 11.6 Å². The summed E-state index contributed by atoms with van der Waals surface area (Å²) in [5, 5.41) is 0.576. The van der Waals surface area contributed by atoms with Crippen LogP contribution in [0.5, 0.6) is 0 Å². The third kappa shape index (κ3) is 2.79. The Morgan fingerprint density at radius 1 is 1.26 bits per heavy atom. The Hall–Kier alpha value is -0.615. The molecule has 0 aromatic carbocycles. The van der Waals surface area contributed by atoms with Crippen LogP contribution < -0.4 is 5.59 Å². The molecule has 0 atom stereocenters. The molecule has 0 spiro atoms. The smallest absolute Gasteiger partial charge is 0.398 e. The minimum absolute atomic E-state index is 0.386. The van der Waals surface area contributed by atoms with Crippen molar-refractivity contribution in [3.05, 3.63) is 22.8 Å². The van der Waals surface area contributed by atoms with Gasteiger partial charge >= 0.3 is 7.12 Å². The molecule has 19 heavy (non-hydrogen) atoms. The van der Waals surface area contributed by atoms with Gasteiger partial charge in [-0.2, -0.15) is 0 Å². The van der Waals surface area contributed by atoms with Crippen molar-refractivity contribution < 1.29 is 14.0 Å². The van der Waals surface area contributed by atoms with E-state index in [1.807, 2.05) is 33.8 Å². The van der Waals surface area contributed by atoms with Crippen molar-refractivity contribution in [2.75, 3.05) is 7.11 Å². The molecule has 104 valence electrons. The fourth-order valence-electron chi connectivity index (χ4n) is 1.93. The molecule has 0 radical (unpaired) electrons. The molecular weight excluding hydrogens is 264 g/mol. The van der Waals surface area contributed by atoms with Gasteiger partial charge in [0.05, 0.1) is 28.4 Å². The lowest BCUT2D eigenvalue weighted by atomic mass is 9.81. The highest BCUT2D eigenvalue weighted by Crippen LogP contribution is 2.36. The molecule has 6 heteroatoms. The molecule has 0 unspecified atom stereocenters. The molecule has 0 aliphatic carbocycles. The third-order valence-corrected chi connectivity index (χ3v) is 3.95. The summed E-state index contributed by atoms with van der Waals surface area (Å²) < 4.78 is 17.2. The van der Waals surface area contributed by atoms with Gasteiger partial charge in [0.2, 0.25) is 0 Å². The molecule has 1 aromatic rings. The van der Waals surface area contributed by atoms with E-state index in [4.69, 9.17) is 25.6 Å². The molecule has 1 saturated heterocycles. The molecule has 1 aromatic heterocycles. The summed E-state index contributed by atoms with van der Waals surface area (Å²) in [4.78, 5) is 4.35. The molecule has 0 bridgehead atoms. The molecule has 0 saturated carbocycles. The van der Waals surface area contributed by atoms with Crippen LogP contribution in [0.4, 0.5) is 0 Å². The topological polar surface area (TPSA) is 40.6 Å². The number of pyridine rings is 1. The van der Waals surface area contributed by atoms with Gasteiger partial charge in [-0.1, -0.05) is 11.6 Å². The van der Waals surface area contributed by atoms with Gasteiger partial charge in [0.15, 0.2) is 0 Å². The first-order chi connectivity index (χ1) is 8.77. The normalized spacial score (nSPS) is 20.8. The summed E-state index contributed by atoms with van der Waals surface area (Å²) in [5.74, 6) is 0. The van der Waals surface area contributed by atoms with Crippen molar-refractivity contribution in [2.45, 2.75) is 45.5 Å². The Labute approximate surface area is 119 Å². The lowest BCUT2D eigenvalue weighted by Gasteiger charge is -2.32. The first kappa shape index (κ1) is 14.8. The van der Waals surface area contributed by atoms with Crippen LogP contribution in [0.2, 0.25) is 5.02 Å². The van der Waals surface area contributed by atoms with Crippen LogP contribution in [0.25, 0.3) is 0 Å². The highest BCUT2D eigenvalue weighted by atomic mass is 35.5. The number of ether oxygens (including phenoxy) is 1. The maximum atomic E-state index is 5.99. The van der Waals surface area contributed by atoms with Crippen LogP contribution in [-0.2, 0) is 20.7 Å². The van der Waals surface area contributed by atoms with Crippen LogP contribution in [0.15, 0.2) is 12.3 Å². The highest BCUT2D eigenvalue weighted by Gasteiger charge is 2.52. The van der Waals surface area contributed by atoms with E-state index < -0.39 is 7.12 Å². The maximum Gasteiger partial charge on any atom is 0.514 e. The van der Waals surface area contributed by atoms with Gasteiger partial charge in [0, 0.05) is 13.3 Å². The number of nitrogens with zero attached hydrogens (tertiary/aromatic N) is 1. The lowest BCUT2D eigenvalue weighted by Crippen LogP contribution is -2.41. The second kappa shape index (κ2) is 5.06. The number of aromatic nitrogens is 1. The third-order valence-electron chi connectivity index (χ3n) is 3.74. The molecule has 2 heterocycles. The van der Waals surface area contributed by atoms with Crippen molar-refractivity contribution in [1.82, 2.24) is 4.98 Å². The molecule has 1 aliphatic rings. The zero-order chi connectivity index (χ0) is 14.3. The highest BCUT2D eigenvalue weighted by molar-refractivity contribution is 6.61. The first-order valence-electron chi connectivity index (χ1n) is 6.26. The monoisotopic (exact) mass is 283 g/mol. The van der Waals surface area contributed by atoms with E-state index in [1.54, 1.807) is 13.3 Å². The lowest BCUT2D eigenvalue weighted by molar-refractivity contribution is 0.00578. The zero-order valence-corrected chi connectivity index (χ0v) is 12.7. The van der Waals surface area contributed by atoms with Crippen LogP contribution in [0.1, 0.15) is 33.3 Å². The number of halogens is 1. The summed E-state index contributed by atoms with van der Waals surface area (Å²) in [5.41, 5.74) is 0.838. The van der Waals surface area contributed by atoms with Crippen LogP contribution in [0.3, 0.4) is 0 Å². The fraction of sp³-hybridized carbons (Fsp3) is 0.615. The van der Waals surface area contributed by atoms with E-state index in [9.17, 15) is 0 Å². The Balaban J connectivity index is 2.34. The van der Waals surface area contributed by atoms with Crippen molar-refractivity contribution in [3.63, 3.8) is 0 Å². The van der Waals surface area contributed by atoms with Crippen molar-refractivity contribution in [3.8, 4) is 0 Å². The largest absolute Gasteiger partial charge is 0.514 e. The predicted octanol–water partition coefficient (Wildman–Crippen LogP) is 2.18. The van der Waals surface area contributed by atoms with Gasteiger partial charge in [-0.15, -0.1) is 0 Å². The van der Waals surface area contributed by atoms with E-state index in [-0.39, 0.29) is 11.2 Å². The molecule has 0 N–H and O–H groups in total. The first-order valence-corrected chi connectivity index (χ1v) is 6.63. The maximum absolute atomic E-state index is 5.99. The number of methoxy groups -OCH3 is 1. The van der Waals surface area contributed by atoms with Crippen LogP contribution in [0, 0.1) is 0 Å². The molecule has 0 amide bonds. The van der Waals surface area contributed by atoms with Gasteiger partial charge < -0.3 is 14.0 Å². The van der Waals surface area contributed by atoms with Crippen molar-refractivity contribution in [1.29, 1.82) is 0 Å². The number of hydrogen-bond donors (Lipinski definition) is 0. The molecule has 4 nitrogen and oxygen atoms in total. The number of rotatable bonds is 3. The molecule has 1 aliphatic heterocycles. The summed E-state index contributed by atoms with van der Waals surface area (Å²) in [7, 11) is 1.14. The van der Waals surface area contributed by atoms with Crippen LogP contribution >= 0.6 is 11.6 Å². The summed E-state index contributed by atoms with van der Waals surface area (Å²) in [6.07, 6.45) is 1.60. The minimum Gasteiger partial charge on any atom is -0.398 e. The van der Waals surface area contributed by atoms with E-state index in [0.717, 1.165) is 11.2 Å². The average molecular weight is 284 g/mol. The van der Waals surface area contributed by atoms with Gasteiger partial charge in [0.1, 0.15) is 0 Å². The molecule has 1 fully saturated rings. The van der Waals surface area contributed by atoms with Crippen LogP contribution in [-0.4, -0.2) is 30.4 Å². The van der Waals surface area contributed by atoms with E-state index in [1.165, 1.54) is 0 Å². The Bertz CT molecular complexity index is 463. The Kier molecular flexibility index (Phi) is 3.93.